The van der Waals surface area contributed by atoms with Crippen molar-refractivity contribution in [2.45, 2.75) is 39.8 Å². The fraction of sp³-hybridized carbons (Fsp3) is 0.444. The summed E-state index contributed by atoms with van der Waals surface area (Å²) in [6, 6.07) is 10.1. The minimum Gasteiger partial charge on any atom is -0.360 e. The van der Waals surface area contributed by atoms with Crippen LogP contribution in [-0.2, 0) is 17.8 Å². The molecule has 0 aliphatic rings. The fourth-order valence-corrected chi connectivity index (χ4v) is 2.39. The van der Waals surface area contributed by atoms with Crippen LogP contribution in [0.1, 0.15) is 42.5 Å². The van der Waals surface area contributed by atoms with E-state index in [2.05, 4.69) is 29.5 Å². The van der Waals surface area contributed by atoms with Gasteiger partial charge >= 0.3 is 0 Å². The number of benzene rings is 1. The molecule has 1 atom stereocenters. The lowest BCUT2D eigenvalue weighted by Crippen LogP contribution is -2.36. The first-order valence-corrected chi connectivity index (χ1v) is 7.97. The van der Waals surface area contributed by atoms with Gasteiger partial charge in [0, 0.05) is 6.07 Å². The Morgan fingerprint density at radius 2 is 2.04 bits per heavy atom. The van der Waals surface area contributed by atoms with E-state index < -0.39 is 0 Å². The summed E-state index contributed by atoms with van der Waals surface area (Å²) in [7, 11) is 1.89. The highest BCUT2D eigenvalue weighted by molar-refractivity contribution is 5.78. The molecule has 5 nitrogen and oxygen atoms in total. The van der Waals surface area contributed by atoms with Gasteiger partial charge in [-0.15, -0.1) is 0 Å². The Morgan fingerprint density at radius 3 is 2.65 bits per heavy atom. The zero-order valence-electron chi connectivity index (χ0n) is 14.3. The molecule has 1 amide bonds. The van der Waals surface area contributed by atoms with Crippen LogP contribution in [0.2, 0.25) is 0 Å². The van der Waals surface area contributed by atoms with Gasteiger partial charge in [-0.3, -0.25) is 9.69 Å². The molecule has 2 aromatic rings. The number of aromatic nitrogens is 1. The van der Waals surface area contributed by atoms with Crippen LogP contribution in [0.5, 0.6) is 0 Å². The maximum Gasteiger partial charge on any atom is 0.234 e. The topological polar surface area (TPSA) is 58.4 Å². The van der Waals surface area contributed by atoms with Crippen molar-refractivity contribution in [3.8, 4) is 0 Å². The van der Waals surface area contributed by atoms with E-state index in [0.717, 1.165) is 23.4 Å². The van der Waals surface area contributed by atoms with Gasteiger partial charge in [0.1, 0.15) is 0 Å². The standard InChI is InChI=1S/C18H25N3O2/c1-5-16-10-17(23-20-16)11-21(4)12-18(22)19-14(3)15-8-6-13(2)7-9-15/h6-10,14H,5,11-12H2,1-4H3,(H,19,22)/t14-/m1/s1. The highest BCUT2D eigenvalue weighted by Crippen LogP contribution is 2.13. The van der Waals surface area contributed by atoms with E-state index in [1.165, 1.54) is 5.56 Å². The zero-order valence-corrected chi connectivity index (χ0v) is 14.3. The Labute approximate surface area is 137 Å². The quantitative estimate of drug-likeness (QED) is 0.853. The molecule has 1 heterocycles. The number of amides is 1. The van der Waals surface area contributed by atoms with Crippen LogP contribution in [-0.4, -0.2) is 29.6 Å². The van der Waals surface area contributed by atoms with E-state index in [0.29, 0.717) is 13.1 Å². The number of hydrogen-bond donors (Lipinski definition) is 1. The molecule has 0 radical (unpaired) electrons. The molecule has 124 valence electrons. The number of likely N-dealkylation sites (N-methyl/N-ethyl adjacent to an activating group) is 1. The van der Waals surface area contributed by atoms with Crippen LogP contribution in [0.3, 0.4) is 0 Å². The van der Waals surface area contributed by atoms with Crippen LogP contribution < -0.4 is 5.32 Å². The molecule has 23 heavy (non-hydrogen) atoms. The van der Waals surface area contributed by atoms with Gasteiger partial charge in [0.05, 0.1) is 24.8 Å². The minimum atomic E-state index is -0.00604. The van der Waals surface area contributed by atoms with Gasteiger partial charge in [-0.2, -0.15) is 0 Å². The number of hydrogen-bond acceptors (Lipinski definition) is 4. The van der Waals surface area contributed by atoms with E-state index >= 15 is 0 Å². The van der Waals surface area contributed by atoms with Crippen LogP contribution in [0.4, 0.5) is 0 Å². The van der Waals surface area contributed by atoms with E-state index in [4.69, 9.17) is 4.52 Å². The summed E-state index contributed by atoms with van der Waals surface area (Å²) in [5.41, 5.74) is 3.26. The van der Waals surface area contributed by atoms with Crippen molar-refractivity contribution < 1.29 is 9.32 Å². The van der Waals surface area contributed by atoms with Crippen molar-refractivity contribution in [2.75, 3.05) is 13.6 Å². The van der Waals surface area contributed by atoms with Gasteiger partial charge in [0.15, 0.2) is 5.76 Å². The molecular formula is C18H25N3O2. The van der Waals surface area contributed by atoms with E-state index in [-0.39, 0.29) is 11.9 Å². The number of nitrogens with zero attached hydrogens (tertiary/aromatic N) is 2. The van der Waals surface area contributed by atoms with Crippen molar-refractivity contribution in [1.82, 2.24) is 15.4 Å². The molecule has 0 fully saturated rings. The third kappa shape index (κ3) is 5.21. The first-order valence-electron chi connectivity index (χ1n) is 7.97. The minimum absolute atomic E-state index is 0.00388. The van der Waals surface area contributed by atoms with Crippen LogP contribution in [0.15, 0.2) is 34.9 Å². The largest absolute Gasteiger partial charge is 0.360 e. The Bertz CT molecular complexity index is 634. The molecule has 0 saturated heterocycles. The molecule has 0 saturated carbocycles. The molecule has 0 spiro atoms. The normalized spacial score (nSPS) is 12.4. The first-order chi connectivity index (χ1) is 11.0. The first kappa shape index (κ1) is 17.2. The molecule has 1 aromatic carbocycles. The van der Waals surface area contributed by atoms with Crippen LogP contribution >= 0.6 is 0 Å². The number of nitrogens with one attached hydrogen (secondary N) is 1. The third-order valence-electron chi connectivity index (χ3n) is 3.76. The Hall–Kier alpha value is -2.14. The summed E-state index contributed by atoms with van der Waals surface area (Å²) >= 11 is 0. The summed E-state index contributed by atoms with van der Waals surface area (Å²) in [5.74, 6) is 0.777. The Morgan fingerprint density at radius 1 is 1.35 bits per heavy atom. The number of carbonyl (C=O) groups is 1. The molecule has 5 heteroatoms. The molecular weight excluding hydrogens is 290 g/mol. The van der Waals surface area contributed by atoms with Gasteiger partial charge in [0.2, 0.25) is 5.91 Å². The van der Waals surface area contributed by atoms with Crippen molar-refractivity contribution in [1.29, 1.82) is 0 Å². The molecule has 0 unspecified atom stereocenters. The smallest absolute Gasteiger partial charge is 0.234 e. The summed E-state index contributed by atoms with van der Waals surface area (Å²) in [4.78, 5) is 14.1. The van der Waals surface area contributed by atoms with Crippen LogP contribution in [0, 0.1) is 6.92 Å². The molecule has 1 aromatic heterocycles. The second-order valence-electron chi connectivity index (χ2n) is 6.01. The van der Waals surface area contributed by atoms with Crippen molar-refractivity contribution >= 4 is 5.91 Å². The lowest BCUT2D eigenvalue weighted by molar-refractivity contribution is -0.122. The summed E-state index contributed by atoms with van der Waals surface area (Å²) in [5, 5.41) is 6.98. The molecule has 0 bridgehead atoms. The number of aryl methyl sites for hydroxylation is 2. The summed E-state index contributed by atoms with van der Waals surface area (Å²) in [6.07, 6.45) is 0.849. The molecule has 0 aliphatic carbocycles. The van der Waals surface area contributed by atoms with Gasteiger partial charge in [0.25, 0.3) is 0 Å². The monoisotopic (exact) mass is 315 g/mol. The Balaban J connectivity index is 1.82. The van der Waals surface area contributed by atoms with Gasteiger partial charge < -0.3 is 9.84 Å². The second-order valence-corrected chi connectivity index (χ2v) is 6.01. The van der Waals surface area contributed by atoms with Gasteiger partial charge in [-0.25, -0.2) is 0 Å². The summed E-state index contributed by atoms with van der Waals surface area (Å²) in [6.45, 7) is 6.96. The number of carbonyl (C=O) groups excluding carboxylic acids is 1. The highest BCUT2D eigenvalue weighted by Gasteiger charge is 2.13. The zero-order chi connectivity index (χ0) is 16.8. The lowest BCUT2D eigenvalue weighted by atomic mass is 10.1. The molecule has 1 N–H and O–H groups in total. The van der Waals surface area contributed by atoms with E-state index in [1.54, 1.807) is 0 Å². The molecule has 2 rings (SSSR count). The molecule has 0 aliphatic heterocycles. The summed E-state index contributed by atoms with van der Waals surface area (Å²) < 4.78 is 5.25. The van der Waals surface area contributed by atoms with Crippen molar-refractivity contribution in [3.05, 3.63) is 52.9 Å². The average Bonchev–Trinajstić information content (AvgIpc) is 2.95. The Kier molecular flexibility index (Phi) is 5.93. The lowest BCUT2D eigenvalue weighted by Gasteiger charge is -2.18. The SMILES string of the molecule is CCc1cc(CN(C)CC(=O)N[C@H](C)c2ccc(C)cc2)on1. The van der Waals surface area contributed by atoms with E-state index in [1.807, 2.05) is 44.0 Å². The fourth-order valence-electron chi connectivity index (χ4n) is 2.39. The van der Waals surface area contributed by atoms with E-state index in [9.17, 15) is 4.79 Å². The highest BCUT2D eigenvalue weighted by atomic mass is 16.5. The van der Waals surface area contributed by atoms with Gasteiger partial charge in [-0.05, 0) is 32.9 Å². The van der Waals surface area contributed by atoms with Gasteiger partial charge in [-0.1, -0.05) is 41.9 Å². The predicted octanol–water partition coefficient (Wildman–Crippen LogP) is 2.85. The maximum atomic E-state index is 12.2. The second kappa shape index (κ2) is 7.92. The third-order valence-corrected chi connectivity index (χ3v) is 3.76. The van der Waals surface area contributed by atoms with Crippen LogP contribution in [0.25, 0.3) is 0 Å². The van der Waals surface area contributed by atoms with Crippen molar-refractivity contribution in [2.24, 2.45) is 0 Å². The predicted molar refractivity (Wildman–Crippen MR) is 90.0 cm³/mol. The maximum absolute atomic E-state index is 12.2. The average molecular weight is 315 g/mol. The van der Waals surface area contributed by atoms with Crippen molar-refractivity contribution in [3.63, 3.8) is 0 Å². The number of rotatable bonds is 7.